The molecule has 0 bridgehead atoms. The molecule has 1 atom stereocenters. The molecule has 27 heavy (non-hydrogen) atoms. The van der Waals surface area contributed by atoms with Gasteiger partial charge < -0.3 is 10.5 Å². The van der Waals surface area contributed by atoms with Crippen LogP contribution in [0, 0.1) is 0 Å². The molecule has 3 rings (SSSR count). The normalized spacial score (nSPS) is 12.9. The average Bonchev–Trinajstić information content (AvgIpc) is 2.72. The van der Waals surface area contributed by atoms with Gasteiger partial charge >= 0.3 is 0 Å². The topological polar surface area (TPSA) is 90.1 Å². The fourth-order valence-corrected chi connectivity index (χ4v) is 3.04. The highest BCUT2D eigenvalue weighted by atomic mass is 16.5. The summed E-state index contributed by atoms with van der Waals surface area (Å²) in [6.07, 6.45) is 7.27. The summed E-state index contributed by atoms with van der Waals surface area (Å²) in [5.41, 5.74) is 7.41. The van der Waals surface area contributed by atoms with Crippen LogP contribution in [0.4, 0.5) is 0 Å². The molecule has 0 aliphatic rings. The number of benzene rings is 1. The zero-order valence-corrected chi connectivity index (χ0v) is 15.1. The molecular formula is C21H22N4O2. The summed E-state index contributed by atoms with van der Waals surface area (Å²) >= 11 is 0. The molecule has 0 fully saturated rings. The van der Waals surface area contributed by atoms with Crippen molar-refractivity contribution in [2.24, 2.45) is 5.73 Å². The van der Waals surface area contributed by atoms with Crippen LogP contribution >= 0.6 is 0 Å². The molecule has 0 spiro atoms. The highest BCUT2D eigenvalue weighted by Crippen LogP contribution is 2.29. The van der Waals surface area contributed by atoms with Gasteiger partial charge in [-0.2, -0.15) is 0 Å². The maximum absolute atomic E-state index is 12.7. The van der Waals surface area contributed by atoms with E-state index in [1.54, 1.807) is 31.9 Å². The third-order valence-corrected chi connectivity index (χ3v) is 4.49. The van der Waals surface area contributed by atoms with E-state index in [1.807, 2.05) is 48.5 Å². The lowest BCUT2D eigenvalue weighted by atomic mass is 9.83. The fourth-order valence-electron chi connectivity index (χ4n) is 3.04. The van der Waals surface area contributed by atoms with Crippen LogP contribution in [0.5, 0.6) is 5.75 Å². The molecule has 1 aromatic carbocycles. The number of rotatable bonds is 8. The smallest absolute Gasteiger partial charge is 0.242 e. The molecule has 3 N–H and O–H groups in total. The molecule has 0 saturated carbocycles. The molecule has 0 radical (unpaired) electrons. The average molecular weight is 362 g/mol. The van der Waals surface area contributed by atoms with Crippen molar-refractivity contribution >= 4 is 5.91 Å². The number of nitrogens with one attached hydrogen (secondary N) is 1. The van der Waals surface area contributed by atoms with E-state index in [-0.39, 0.29) is 0 Å². The summed E-state index contributed by atoms with van der Waals surface area (Å²) in [6, 6.07) is 15.0. The number of nitrogens with two attached hydrogens (primary N) is 1. The van der Waals surface area contributed by atoms with Crippen molar-refractivity contribution in [3.63, 3.8) is 0 Å². The maximum atomic E-state index is 12.7. The molecule has 6 heteroatoms. The van der Waals surface area contributed by atoms with Gasteiger partial charge in [0.25, 0.3) is 0 Å². The zero-order valence-electron chi connectivity index (χ0n) is 15.1. The number of hydrogen-bond acceptors (Lipinski definition) is 5. The SMILES string of the molecule is COc1cccc(C(Cc2cccnc2)(NCc2cccnc2)C(N)=O)c1. The third kappa shape index (κ3) is 4.30. The molecule has 0 saturated heterocycles. The van der Waals surface area contributed by atoms with E-state index in [0.717, 1.165) is 16.7 Å². The van der Waals surface area contributed by atoms with E-state index in [2.05, 4.69) is 15.3 Å². The first-order valence-electron chi connectivity index (χ1n) is 8.61. The first-order chi connectivity index (χ1) is 13.1. The Kier molecular flexibility index (Phi) is 5.78. The number of hydrogen-bond donors (Lipinski definition) is 2. The van der Waals surface area contributed by atoms with Crippen LogP contribution in [0.1, 0.15) is 16.7 Å². The fraction of sp³-hybridized carbons (Fsp3) is 0.190. The van der Waals surface area contributed by atoms with Crippen LogP contribution < -0.4 is 15.8 Å². The number of ether oxygens (including phenoxy) is 1. The standard InChI is InChI=1S/C21H22N4O2/c1-27-19-8-2-7-18(11-19)21(20(22)26,12-16-5-3-9-23-13-16)25-15-17-6-4-10-24-14-17/h2-11,13-14,25H,12,15H2,1H3,(H2,22,26). The van der Waals surface area contributed by atoms with Gasteiger partial charge in [0.2, 0.25) is 5.91 Å². The van der Waals surface area contributed by atoms with E-state index in [4.69, 9.17) is 10.5 Å². The van der Waals surface area contributed by atoms with Gasteiger partial charge in [0.1, 0.15) is 11.3 Å². The zero-order chi connectivity index (χ0) is 19.1. The highest BCUT2D eigenvalue weighted by Gasteiger charge is 2.38. The number of primary amides is 1. The van der Waals surface area contributed by atoms with Gasteiger partial charge in [-0.25, -0.2) is 0 Å². The van der Waals surface area contributed by atoms with Gasteiger partial charge in [0.15, 0.2) is 0 Å². The quantitative estimate of drug-likeness (QED) is 0.641. The molecule has 0 aliphatic heterocycles. The highest BCUT2D eigenvalue weighted by molar-refractivity contribution is 5.86. The Hall–Kier alpha value is -3.25. The number of pyridine rings is 2. The largest absolute Gasteiger partial charge is 0.497 e. The third-order valence-electron chi connectivity index (χ3n) is 4.49. The predicted molar refractivity (Wildman–Crippen MR) is 103 cm³/mol. The first-order valence-corrected chi connectivity index (χ1v) is 8.61. The van der Waals surface area contributed by atoms with Crippen LogP contribution in [0.3, 0.4) is 0 Å². The van der Waals surface area contributed by atoms with Crippen molar-refractivity contribution in [1.29, 1.82) is 0 Å². The second kappa shape index (κ2) is 8.42. The molecule has 138 valence electrons. The lowest BCUT2D eigenvalue weighted by Gasteiger charge is -2.33. The minimum Gasteiger partial charge on any atom is -0.497 e. The Morgan fingerprint density at radius 1 is 1.07 bits per heavy atom. The summed E-state index contributed by atoms with van der Waals surface area (Å²) in [4.78, 5) is 21.0. The maximum Gasteiger partial charge on any atom is 0.242 e. The number of aromatic nitrogens is 2. The molecule has 1 unspecified atom stereocenters. The second-order valence-electron chi connectivity index (χ2n) is 6.25. The van der Waals surface area contributed by atoms with Crippen LogP contribution in [0.15, 0.2) is 73.3 Å². The van der Waals surface area contributed by atoms with Crippen molar-refractivity contribution in [3.05, 3.63) is 90.0 Å². The Labute approximate surface area is 158 Å². The Bertz CT molecular complexity index is 887. The van der Waals surface area contributed by atoms with Gasteiger partial charge in [0.05, 0.1) is 7.11 Å². The summed E-state index contributed by atoms with van der Waals surface area (Å²) in [7, 11) is 1.59. The van der Waals surface area contributed by atoms with E-state index >= 15 is 0 Å². The van der Waals surface area contributed by atoms with Crippen LogP contribution in [-0.4, -0.2) is 23.0 Å². The number of methoxy groups -OCH3 is 1. The van der Waals surface area contributed by atoms with Crippen LogP contribution in [-0.2, 0) is 23.3 Å². The van der Waals surface area contributed by atoms with Crippen LogP contribution in [0.2, 0.25) is 0 Å². The lowest BCUT2D eigenvalue weighted by Crippen LogP contribution is -2.54. The number of nitrogens with zero attached hydrogens (tertiary/aromatic N) is 2. The minimum absolute atomic E-state index is 0.365. The number of carbonyl (C=O) groups is 1. The minimum atomic E-state index is -1.12. The molecule has 3 aromatic rings. The van der Waals surface area contributed by atoms with Gasteiger partial charge in [-0.3, -0.25) is 20.1 Å². The second-order valence-corrected chi connectivity index (χ2v) is 6.25. The summed E-state index contributed by atoms with van der Waals surface area (Å²) in [5, 5.41) is 3.37. The van der Waals surface area contributed by atoms with Crippen molar-refractivity contribution in [1.82, 2.24) is 15.3 Å². The molecule has 0 aliphatic carbocycles. The predicted octanol–water partition coefficient (Wildman–Crippen LogP) is 2.20. The van der Waals surface area contributed by atoms with E-state index < -0.39 is 11.4 Å². The molecule has 6 nitrogen and oxygen atoms in total. The summed E-state index contributed by atoms with van der Waals surface area (Å²) < 4.78 is 5.34. The number of carbonyl (C=O) groups excluding carboxylic acids is 1. The molecule has 2 aromatic heterocycles. The number of amides is 1. The van der Waals surface area contributed by atoms with Crippen LogP contribution in [0.25, 0.3) is 0 Å². The molecule has 2 heterocycles. The van der Waals surface area contributed by atoms with E-state index in [9.17, 15) is 4.79 Å². The van der Waals surface area contributed by atoms with Crippen molar-refractivity contribution in [2.45, 2.75) is 18.5 Å². The molecule has 1 amide bonds. The van der Waals surface area contributed by atoms with Gasteiger partial charge in [-0.1, -0.05) is 24.3 Å². The van der Waals surface area contributed by atoms with E-state index in [0.29, 0.717) is 18.7 Å². The Morgan fingerprint density at radius 2 is 1.78 bits per heavy atom. The van der Waals surface area contributed by atoms with E-state index in [1.165, 1.54) is 0 Å². The van der Waals surface area contributed by atoms with Crippen molar-refractivity contribution in [3.8, 4) is 5.75 Å². The van der Waals surface area contributed by atoms with Crippen molar-refractivity contribution in [2.75, 3.05) is 7.11 Å². The van der Waals surface area contributed by atoms with Gasteiger partial charge in [-0.15, -0.1) is 0 Å². The molecular weight excluding hydrogens is 340 g/mol. The van der Waals surface area contributed by atoms with Crippen molar-refractivity contribution < 1.29 is 9.53 Å². The van der Waals surface area contributed by atoms with Gasteiger partial charge in [-0.05, 0) is 41.0 Å². The Balaban J connectivity index is 2.02. The summed E-state index contributed by atoms with van der Waals surface area (Å²) in [5.74, 6) is 0.191. The monoisotopic (exact) mass is 362 g/mol. The lowest BCUT2D eigenvalue weighted by molar-refractivity contribution is -0.125. The Morgan fingerprint density at radius 3 is 2.37 bits per heavy atom. The summed E-state index contributed by atoms with van der Waals surface area (Å²) in [6.45, 7) is 0.439. The first kappa shape index (κ1) is 18.5. The van der Waals surface area contributed by atoms with Gasteiger partial charge in [0, 0.05) is 37.8 Å².